The molecule has 88 valence electrons. The summed E-state index contributed by atoms with van der Waals surface area (Å²) in [4.78, 5) is 24.1. The molecule has 2 atom stereocenters. The van der Waals surface area contributed by atoms with Crippen LogP contribution in [0.15, 0.2) is 0 Å². The molecule has 2 unspecified atom stereocenters. The van der Waals surface area contributed by atoms with E-state index in [0.717, 1.165) is 5.75 Å². The molecule has 1 N–H and O–H groups in total. The van der Waals surface area contributed by atoms with E-state index in [1.165, 1.54) is 11.8 Å². The monoisotopic (exact) mass is 252 g/mol. The van der Waals surface area contributed by atoms with Gasteiger partial charge in [-0.2, -0.15) is 11.8 Å². The molecular formula is C9H17ClN2O2S. The van der Waals surface area contributed by atoms with Gasteiger partial charge in [-0.3, -0.25) is 10.1 Å². The number of amides is 3. The summed E-state index contributed by atoms with van der Waals surface area (Å²) in [7, 11) is 1.66. The maximum Gasteiger partial charge on any atom is 0.324 e. The molecule has 0 fully saturated rings. The molecule has 0 saturated carbocycles. The highest BCUT2D eigenvalue weighted by molar-refractivity contribution is 7.98. The third kappa shape index (κ3) is 5.28. The predicted molar refractivity (Wildman–Crippen MR) is 64.5 cm³/mol. The normalized spacial score (nSPS) is 14.2. The average molecular weight is 253 g/mol. The van der Waals surface area contributed by atoms with Crippen LogP contribution < -0.4 is 5.32 Å². The number of alkyl halides is 1. The van der Waals surface area contributed by atoms with Crippen molar-refractivity contribution >= 4 is 35.3 Å². The second kappa shape index (κ2) is 6.95. The van der Waals surface area contributed by atoms with Crippen LogP contribution in [0.1, 0.15) is 13.8 Å². The highest BCUT2D eigenvalue weighted by atomic mass is 35.5. The van der Waals surface area contributed by atoms with Gasteiger partial charge in [0.15, 0.2) is 0 Å². The van der Waals surface area contributed by atoms with Crippen LogP contribution in [0.4, 0.5) is 4.79 Å². The fourth-order valence-corrected chi connectivity index (χ4v) is 1.61. The number of hydrogen-bond acceptors (Lipinski definition) is 3. The summed E-state index contributed by atoms with van der Waals surface area (Å²) in [5, 5.41) is 1.53. The van der Waals surface area contributed by atoms with E-state index >= 15 is 0 Å². The molecule has 0 aromatic rings. The average Bonchev–Trinajstić information content (AvgIpc) is 2.16. The number of urea groups is 1. The van der Waals surface area contributed by atoms with Crippen LogP contribution in [0, 0.1) is 0 Å². The summed E-state index contributed by atoms with van der Waals surface area (Å²) in [6, 6.07) is -0.326. The van der Waals surface area contributed by atoms with Crippen LogP contribution in [0.25, 0.3) is 0 Å². The zero-order chi connectivity index (χ0) is 12.0. The molecule has 0 saturated heterocycles. The Labute approximate surface area is 99.7 Å². The summed E-state index contributed by atoms with van der Waals surface area (Å²) in [5.74, 6) is 0.360. The highest BCUT2D eigenvalue weighted by Gasteiger charge is 2.19. The van der Waals surface area contributed by atoms with Crippen molar-refractivity contribution in [3.63, 3.8) is 0 Å². The molecular weight excluding hydrogens is 236 g/mol. The van der Waals surface area contributed by atoms with Gasteiger partial charge in [0.2, 0.25) is 5.91 Å². The highest BCUT2D eigenvalue weighted by Crippen LogP contribution is 2.04. The first-order valence-electron chi connectivity index (χ1n) is 4.60. The number of rotatable bonds is 4. The number of hydrogen-bond donors (Lipinski definition) is 1. The zero-order valence-electron chi connectivity index (χ0n) is 9.41. The minimum absolute atomic E-state index is 0.0819. The number of imide groups is 1. The zero-order valence-corrected chi connectivity index (χ0v) is 11.0. The number of nitrogens with one attached hydrogen (secondary N) is 1. The summed E-state index contributed by atoms with van der Waals surface area (Å²) >= 11 is 7.18. The summed E-state index contributed by atoms with van der Waals surface area (Å²) in [5.41, 5.74) is 0. The molecule has 0 rings (SSSR count). The van der Waals surface area contributed by atoms with E-state index in [2.05, 4.69) is 5.32 Å². The molecule has 3 amide bonds. The topological polar surface area (TPSA) is 49.4 Å². The molecule has 0 aromatic carbocycles. The Hall–Kier alpha value is -0.420. The Kier molecular flexibility index (Phi) is 6.76. The van der Waals surface area contributed by atoms with E-state index in [4.69, 9.17) is 11.6 Å². The molecule has 0 spiro atoms. The molecule has 0 aliphatic carbocycles. The Morgan fingerprint density at radius 1 is 1.47 bits per heavy atom. The van der Waals surface area contributed by atoms with E-state index in [-0.39, 0.29) is 6.04 Å². The van der Waals surface area contributed by atoms with Gasteiger partial charge in [-0.15, -0.1) is 11.6 Å². The lowest BCUT2D eigenvalue weighted by molar-refractivity contribution is -0.119. The summed E-state index contributed by atoms with van der Waals surface area (Å²) < 4.78 is 0. The summed E-state index contributed by atoms with van der Waals surface area (Å²) in [6.45, 7) is 3.44. The fraction of sp³-hybridized carbons (Fsp3) is 0.778. The minimum atomic E-state index is -0.696. The Bertz CT molecular complexity index is 236. The van der Waals surface area contributed by atoms with Gasteiger partial charge in [0.25, 0.3) is 0 Å². The summed E-state index contributed by atoms with van der Waals surface area (Å²) in [6.07, 6.45) is 1.97. The van der Waals surface area contributed by atoms with Gasteiger partial charge in [-0.05, 0) is 20.1 Å². The van der Waals surface area contributed by atoms with Crippen molar-refractivity contribution in [1.29, 1.82) is 0 Å². The first-order valence-corrected chi connectivity index (χ1v) is 6.43. The third-order valence-corrected chi connectivity index (χ3v) is 2.99. The molecule has 0 aliphatic rings. The van der Waals surface area contributed by atoms with E-state index in [1.54, 1.807) is 18.8 Å². The van der Waals surface area contributed by atoms with Crippen LogP contribution in [-0.4, -0.2) is 47.3 Å². The molecule has 15 heavy (non-hydrogen) atoms. The van der Waals surface area contributed by atoms with Gasteiger partial charge in [-0.25, -0.2) is 4.79 Å². The van der Waals surface area contributed by atoms with Gasteiger partial charge in [-0.1, -0.05) is 0 Å². The lowest BCUT2D eigenvalue weighted by Gasteiger charge is -2.24. The molecule has 0 heterocycles. The van der Waals surface area contributed by atoms with Crippen LogP contribution >= 0.6 is 23.4 Å². The molecule has 4 nitrogen and oxygen atoms in total. The smallest absolute Gasteiger partial charge is 0.324 e. The number of thioether (sulfide) groups is 1. The number of carbonyl (C=O) groups excluding carboxylic acids is 2. The lowest BCUT2D eigenvalue weighted by Crippen LogP contribution is -2.47. The second-order valence-electron chi connectivity index (χ2n) is 3.33. The quantitative estimate of drug-likeness (QED) is 0.772. The van der Waals surface area contributed by atoms with E-state index < -0.39 is 17.3 Å². The lowest BCUT2D eigenvalue weighted by atomic mass is 10.3. The van der Waals surface area contributed by atoms with Gasteiger partial charge >= 0.3 is 6.03 Å². The predicted octanol–water partition coefficient (Wildman–Crippen LogP) is 1.53. The SMILES string of the molecule is CSCC(C)N(C)C(=O)NC(=O)C(C)Cl. The second-order valence-corrected chi connectivity index (χ2v) is 4.89. The van der Waals surface area contributed by atoms with Crippen molar-refractivity contribution in [2.75, 3.05) is 19.1 Å². The molecule has 0 radical (unpaired) electrons. The molecule has 0 bridgehead atoms. The van der Waals surface area contributed by atoms with E-state index in [0.29, 0.717) is 0 Å². The van der Waals surface area contributed by atoms with Crippen LogP contribution in [-0.2, 0) is 4.79 Å². The first kappa shape index (κ1) is 14.6. The van der Waals surface area contributed by atoms with E-state index in [9.17, 15) is 9.59 Å². The van der Waals surface area contributed by atoms with Crippen molar-refractivity contribution < 1.29 is 9.59 Å². The van der Waals surface area contributed by atoms with Gasteiger partial charge in [0.1, 0.15) is 5.38 Å². The maximum absolute atomic E-state index is 11.5. The van der Waals surface area contributed by atoms with Crippen molar-refractivity contribution in [3.8, 4) is 0 Å². The Morgan fingerprint density at radius 3 is 2.40 bits per heavy atom. The van der Waals surface area contributed by atoms with Crippen molar-refractivity contribution in [2.24, 2.45) is 0 Å². The Balaban J connectivity index is 4.15. The molecule has 6 heteroatoms. The third-order valence-electron chi connectivity index (χ3n) is 1.98. The van der Waals surface area contributed by atoms with Gasteiger partial charge < -0.3 is 4.90 Å². The standard InChI is InChI=1S/C9H17ClN2O2S/c1-6(5-15-4)12(3)9(14)11-8(13)7(2)10/h6-7H,5H2,1-4H3,(H,11,13,14). The van der Waals surface area contributed by atoms with Crippen molar-refractivity contribution in [2.45, 2.75) is 25.3 Å². The molecule has 0 aliphatic heterocycles. The largest absolute Gasteiger partial charge is 0.324 e. The van der Waals surface area contributed by atoms with E-state index in [1.807, 2.05) is 13.2 Å². The van der Waals surface area contributed by atoms with Crippen LogP contribution in [0.5, 0.6) is 0 Å². The fourth-order valence-electron chi connectivity index (χ4n) is 0.846. The number of carbonyl (C=O) groups is 2. The van der Waals surface area contributed by atoms with Crippen molar-refractivity contribution in [3.05, 3.63) is 0 Å². The van der Waals surface area contributed by atoms with Gasteiger partial charge in [0.05, 0.1) is 0 Å². The van der Waals surface area contributed by atoms with Gasteiger partial charge in [0, 0.05) is 18.8 Å². The Morgan fingerprint density at radius 2 is 2.00 bits per heavy atom. The van der Waals surface area contributed by atoms with Crippen LogP contribution in [0.2, 0.25) is 0 Å². The maximum atomic E-state index is 11.5. The van der Waals surface area contributed by atoms with Crippen molar-refractivity contribution in [1.82, 2.24) is 10.2 Å². The molecule has 0 aromatic heterocycles. The number of nitrogens with zero attached hydrogens (tertiary/aromatic N) is 1. The number of halogens is 1. The first-order chi connectivity index (χ1) is 6.90. The van der Waals surface area contributed by atoms with Crippen LogP contribution in [0.3, 0.4) is 0 Å². The minimum Gasteiger partial charge on any atom is -0.324 e.